The molecular formula is C14H17N3O4. The molecule has 112 valence electrons. The lowest BCUT2D eigenvalue weighted by atomic mass is 10.2. The molecule has 0 bridgehead atoms. The van der Waals surface area contributed by atoms with Gasteiger partial charge in [-0.15, -0.1) is 0 Å². The molecule has 0 spiro atoms. The molecule has 0 aliphatic carbocycles. The van der Waals surface area contributed by atoms with E-state index in [1.807, 2.05) is 13.0 Å². The van der Waals surface area contributed by atoms with Gasteiger partial charge in [-0.1, -0.05) is 6.92 Å². The SMILES string of the molecule is CCCN(CC(=O)O)C(=O)Nc1ccc(C#N)cc1OC. The van der Waals surface area contributed by atoms with Gasteiger partial charge in [0.15, 0.2) is 0 Å². The number of nitrogens with zero attached hydrogens (tertiary/aromatic N) is 2. The van der Waals surface area contributed by atoms with Crippen molar-refractivity contribution >= 4 is 17.7 Å². The number of benzene rings is 1. The van der Waals surface area contributed by atoms with Crippen molar-refractivity contribution < 1.29 is 19.4 Å². The first-order valence-corrected chi connectivity index (χ1v) is 6.37. The molecule has 0 unspecified atom stereocenters. The van der Waals surface area contributed by atoms with E-state index in [0.717, 1.165) is 0 Å². The van der Waals surface area contributed by atoms with E-state index in [0.29, 0.717) is 30.0 Å². The fourth-order valence-corrected chi connectivity index (χ4v) is 1.74. The molecule has 1 aromatic carbocycles. The minimum absolute atomic E-state index is 0.330. The maximum atomic E-state index is 12.1. The Morgan fingerprint density at radius 2 is 2.19 bits per heavy atom. The Morgan fingerprint density at radius 3 is 2.71 bits per heavy atom. The number of carboxylic acids is 1. The first kappa shape index (κ1) is 16.3. The van der Waals surface area contributed by atoms with Crippen LogP contribution in [0.15, 0.2) is 18.2 Å². The normalized spacial score (nSPS) is 9.57. The Morgan fingerprint density at radius 1 is 1.48 bits per heavy atom. The molecule has 0 radical (unpaired) electrons. The van der Waals surface area contributed by atoms with E-state index in [2.05, 4.69) is 5.32 Å². The zero-order valence-corrected chi connectivity index (χ0v) is 11.9. The molecule has 1 rings (SSSR count). The first-order chi connectivity index (χ1) is 10.0. The molecule has 0 aliphatic heterocycles. The Kier molecular flexibility index (Phi) is 6.01. The largest absolute Gasteiger partial charge is 0.495 e. The van der Waals surface area contributed by atoms with E-state index in [4.69, 9.17) is 15.1 Å². The Bertz CT molecular complexity index is 566. The van der Waals surface area contributed by atoms with E-state index in [9.17, 15) is 9.59 Å². The number of nitriles is 1. The van der Waals surface area contributed by atoms with Crippen molar-refractivity contribution in [1.29, 1.82) is 5.26 Å². The van der Waals surface area contributed by atoms with Crippen molar-refractivity contribution in [3.8, 4) is 11.8 Å². The highest BCUT2D eigenvalue weighted by Crippen LogP contribution is 2.25. The second kappa shape index (κ2) is 7.75. The second-order valence-corrected chi connectivity index (χ2v) is 4.27. The number of ether oxygens (including phenoxy) is 1. The topological polar surface area (TPSA) is 103 Å². The van der Waals surface area contributed by atoms with Crippen LogP contribution in [0.1, 0.15) is 18.9 Å². The maximum absolute atomic E-state index is 12.1. The number of hydrogen-bond acceptors (Lipinski definition) is 4. The summed E-state index contributed by atoms with van der Waals surface area (Å²) in [5.74, 6) is -0.737. The van der Waals surface area contributed by atoms with Gasteiger partial charge < -0.3 is 20.1 Å². The smallest absolute Gasteiger partial charge is 0.323 e. The van der Waals surface area contributed by atoms with Crippen molar-refractivity contribution in [2.45, 2.75) is 13.3 Å². The molecule has 21 heavy (non-hydrogen) atoms. The van der Waals surface area contributed by atoms with Gasteiger partial charge in [0.05, 0.1) is 24.4 Å². The fraction of sp³-hybridized carbons (Fsp3) is 0.357. The van der Waals surface area contributed by atoms with Gasteiger partial charge >= 0.3 is 12.0 Å². The van der Waals surface area contributed by atoms with Crippen molar-refractivity contribution in [2.75, 3.05) is 25.5 Å². The number of carbonyl (C=O) groups excluding carboxylic acids is 1. The molecule has 2 amide bonds. The van der Waals surface area contributed by atoms with Crippen molar-refractivity contribution in [2.24, 2.45) is 0 Å². The number of carbonyl (C=O) groups is 2. The molecule has 7 heteroatoms. The highest BCUT2D eigenvalue weighted by atomic mass is 16.5. The van der Waals surface area contributed by atoms with Crippen LogP contribution in [0.3, 0.4) is 0 Å². The fourth-order valence-electron chi connectivity index (χ4n) is 1.74. The van der Waals surface area contributed by atoms with Crippen LogP contribution in [-0.4, -0.2) is 42.2 Å². The molecule has 0 saturated heterocycles. The van der Waals surface area contributed by atoms with Gasteiger partial charge in [-0.05, 0) is 18.6 Å². The lowest BCUT2D eigenvalue weighted by Crippen LogP contribution is -2.39. The minimum Gasteiger partial charge on any atom is -0.495 e. The molecule has 1 aromatic rings. The van der Waals surface area contributed by atoms with Crippen LogP contribution in [0.4, 0.5) is 10.5 Å². The second-order valence-electron chi connectivity index (χ2n) is 4.27. The zero-order chi connectivity index (χ0) is 15.8. The van der Waals surface area contributed by atoms with Gasteiger partial charge in [-0.25, -0.2) is 4.79 Å². The Labute approximate surface area is 122 Å². The van der Waals surface area contributed by atoms with Gasteiger partial charge in [-0.2, -0.15) is 5.26 Å². The maximum Gasteiger partial charge on any atom is 0.323 e. The summed E-state index contributed by atoms with van der Waals surface area (Å²) in [6.45, 7) is 1.80. The van der Waals surface area contributed by atoms with E-state index in [1.54, 1.807) is 12.1 Å². The monoisotopic (exact) mass is 291 g/mol. The molecule has 2 N–H and O–H groups in total. The summed E-state index contributed by atoms with van der Waals surface area (Å²) in [4.78, 5) is 24.1. The third-order valence-corrected chi connectivity index (χ3v) is 2.68. The van der Waals surface area contributed by atoms with Crippen LogP contribution in [-0.2, 0) is 4.79 Å². The van der Waals surface area contributed by atoms with Crippen LogP contribution in [0.2, 0.25) is 0 Å². The van der Waals surface area contributed by atoms with Gasteiger partial charge in [0.25, 0.3) is 0 Å². The molecule has 0 saturated carbocycles. The highest BCUT2D eigenvalue weighted by Gasteiger charge is 2.17. The lowest BCUT2D eigenvalue weighted by Gasteiger charge is -2.21. The molecule has 0 atom stereocenters. The number of carboxylic acid groups (broad SMARTS) is 1. The molecule has 0 aromatic heterocycles. The third-order valence-electron chi connectivity index (χ3n) is 2.68. The summed E-state index contributed by atoms with van der Waals surface area (Å²) in [7, 11) is 1.42. The van der Waals surface area contributed by atoms with Gasteiger partial charge in [0.1, 0.15) is 12.3 Å². The van der Waals surface area contributed by atoms with E-state index in [1.165, 1.54) is 18.1 Å². The highest BCUT2D eigenvalue weighted by molar-refractivity contribution is 5.92. The van der Waals surface area contributed by atoms with E-state index < -0.39 is 12.0 Å². The van der Waals surface area contributed by atoms with Crippen LogP contribution < -0.4 is 10.1 Å². The summed E-state index contributed by atoms with van der Waals surface area (Å²) in [6.07, 6.45) is 0.644. The van der Waals surface area contributed by atoms with Gasteiger partial charge in [0, 0.05) is 12.6 Å². The number of methoxy groups -OCH3 is 1. The number of amides is 2. The summed E-state index contributed by atoms with van der Waals surface area (Å²) < 4.78 is 5.11. The predicted octanol–water partition coefficient (Wildman–Crippen LogP) is 1.90. The van der Waals surface area contributed by atoms with Crippen LogP contribution in [0.5, 0.6) is 5.75 Å². The van der Waals surface area contributed by atoms with E-state index in [-0.39, 0.29) is 6.54 Å². The molecule has 0 aliphatic rings. The van der Waals surface area contributed by atoms with Crippen molar-refractivity contribution in [1.82, 2.24) is 4.90 Å². The van der Waals surface area contributed by atoms with E-state index >= 15 is 0 Å². The standard InChI is InChI=1S/C14H17N3O4/c1-3-6-17(9-13(18)19)14(20)16-11-5-4-10(8-15)7-12(11)21-2/h4-5,7H,3,6,9H2,1-2H3,(H,16,20)(H,18,19). The van der Waals surface area contributed by atoms with Crippen LogP contribution in [0.25, 0.3) is 0 Å². The lowest BCUT2D eigenvalue weighted by molar-refractivity contribution is -0.137. The Hall–Kier alpha value is -2.75. The molecular weight excluding hydrogens is 274 g/mol. The van der Waals surface area contributed by atoms with Gasteiger partial charge in [-0.3, -0.25) is 4.79 Å². The van der Waals surface area contributed by atoms with Crippen molar-refractivity contribution in [3.63, 3.8) is 0 Å². The minimum atomic E-state index is -1.08. The average molecular weight is 291 g/mol. The number of aliphatic carboxylic acids is 1. The first-order valence-electron chi connectivity index (χ1n) is 6.37. The molecule has 0 heterocycles. The predicted molar refractivity (Wildman–Crippen MR) is 76.2 cm³/mol. The summed E-state index contributed by atoms with van der Waals surface area (Å²) >= 11 is 0. The summed E-state index contributed by atoms with van der Waals surface area (Å²) in [6, 6.07) is 6.02. The molecule has 0 fully saturated rings. The van der Waals surface area contributed by atoms with Crippen molar-refractivity contribution in [3.05, 3.63) is 23.8 Å². The number of hydrogen-bond donors (Lipinski definition) is 2. The van der Waals surface area contributed by atoms with Crippen LogP contribution >= 0.6 is 0 Å². The summed E-state index contributed by atoms with van der Waals surface area (Å²) in [5, 5.41) is 20.2. The average Bonchev–Trinajstić information content (AvgIpc) is 2.46. The third kappa shape index (κ3) is 4.69. The number of rotatable bonds is 6. The molecule has 7 nitrogen and oxygen atoms in total. The van der Waals surface area contributed by atoms with Crippen LogP contribution in [0, 0.1) is 11.3 Å². The number of nitrogens with one attached hydrogen (secondary N) is 1. The number of anilines is 1. The quantitative estimate of drug-likeness (QED) is 0.833. The summed E-state index contributed by atoms with van der Waals surface area (Å²) in [5.41, 5.74) is 0.786. The number of urea groups is 1. The van der Waals surface area contributed by atoms with Gasteiger partial charge in [0.2, 0.25) is 0 Å². The Balaban J connectivity index is 2.90. The zero-order valence-electron chi connectivity index (χ0n) is 11.9.